The van der Waals surface area contributed by atoms with Gasteiger partial charge in [0.05, 0.1) is 40.3 Å². The number of carboxylic acid groups (broad SMARTS) is 1. The summed E-state index contributed by atoms with van der Waals surface area (Å²) in [5.41, 5.74) is 0. The summed E-state index contributed by atoms with van der Waals surface area (Å²) in [7, 11) is 5.96. The molecule has 0 fully saturated rings. The average molecular weight is 1410 g/mol. The highest BCUT2D eigenvalue weighted by molar-refractivity contribution is 5.70. The van der Waals surface area contributed by atoms with Crippen LogP contribution in [0.2, 0.25) is 0 Å². The van der Waals surface area contributed by atoms with Crippen LogP contribution in [0.5, 0.6) is 0 Å². The number of quaternary nitrogens is 1. The lowest BCUT2D eigenvalue weighted by atomic mass is 10.0. The molecule has 0 spiro atoms. The minimum atomic E-state index is -1.62. The van der Waals surface area contributed by atoms with Gasteiger partial charge in [-0.2, -0.15) is 0 Å². The molecule has 0 aliphatic carbocycles. The minimum Gasteiger partial charge on any atom is -0.545 e. The molecule has 0 saturated carbocycles. The van der Waals surface area contributed by atoms with E-state index in [2.05, 4.69) is 38.2 Å². The van der Waals surface area contributed by atoms with Crippen LogP contribution in [-0.4, -0.2) is 82.3 Å². The molecule has 100 heavy (non-hydrogen) atoms. The van der Waals surface area contributed by atoms with Gasteiger partial charge in [0, 0.05) is 12.8 Å². The lowest BCUT2D eigenvalue weighted by Crippen LogP contribution is -2.44. The molecule has 0 radical (unpaired) electrons. The molecule has 2 unspecified atom stereocenters. The molecule has 0 aliphatic heterocycles. The highest BCUT2D eigenvalue weighted by atomic mass is 16.7. The number of esters is 2. The fourth-order valence-electron chi connectivity index (χ4n) is 14.1. The van der Waals surface area contributed by atoms with Crippen LogP contribution in [0.25, 0.3) is 0 Å². The van der Waals surface area contributed by atoms with E-state index in [-0.39, 0.29) is 32.2 Å². The van der Waals surface area contributed by atoms with Crippen LogP contribution in [-0.2, 0) is 33.3 Å². The summed E-state index contributed by atoms with van der Waals surface area (Å²) in [6.45, 7) is 4.84. The molecule has 0 N–H and O–H groups in total. The van der Waals surface area contributed by atoms with Crippen molar-refractivity contribution in [1.29, 1.82) is 0 Å². The van der Waals surface area contributed by atoms with Crippen LogP contribution in [0.4, 0.5) is 0 Å². The number of carboxylic acids is 1. The number of nitrogens with zero attached hydrogens (tertiary/aromatic N) is 1. The number of carbonyl (C=O) groups is 3. The summed E-state index contributed by atoms with van der Waals surface area (Å²) in [5, 5.41) is 11.9. The Morgan fingerprint density at radius 1 is 0.300 bits per heavy atom. The van der Waals surface area contributed by atoms with Gasteiger partial charge in [-0.25, -0.2) is 0 Å². The zero-order valence-electron chi connectivity index (χ0n) is 68.1. The number of carbonyl (C=O) groups excluding carboxylic acids is 3. The molecule has 2 atom stereocenters. The van der Waals surface area contributed by atoms with Crippen molar-refractivity contribution in [3.05, 3.63) is 24.3 Å². The molecule has 0 aromatic heterocycles. The summed E-state index contributed by atoms with van der Waals surface area (Å²) in [6.07, 6.45) is 104. The Morgan fingerprint density at radius 3 is 0.790 bits per heavy atom. The molecule has 0 aromatic rings. The fraction of sp³-hybridized carbons (Fsp3) is 0.923. The van der Waals surface area contributed by atoms with Gasteiger partial charge in [0.2, 0.25) is 0 Å². The SMILES string of the molecule is CCCCCCC/C=C\C/C=C\CCCCCCCCCCCCCCCCCCCCCCCCCCCCCC(=O)OC(COC(=O)CCCCCCCCCCCCCCCCCCCCCCCCCCCCCCCCCCCCCC)COC(OCC[N+](C)(C)C)C(=O)[O-]. The summed E-state index contributed by atoms with van der Waals surface area (Å²) in [6, 6.07) is 0. The number of hydrogen-bond acceptors (Lipinski definition) is 8. The zero-order valence-corrected chi connectivity index (χ0v) is 68.1. The topological polar surface area (TPSA) is 111 Å². The van der Waals surface area contributed by atoms with E-state index in [0.717, 1.165) is 44.9 Å². The monoisotopic (exact) mass is 1410 g/mol. The Labute approximate surface area is 624 Å². The third-order valence-corrected chi connectivity index (χ3v) is 21.0. The van der Waals surface area contributed by atoms with E-state index < -0.39 is 24.3 Å². The van der Waals surface area contributed by atoms with E-state index in [1.54, 1.807) is 0 Å². The number of unbranched alkanes of at least 4 members (excludes halogenated alkanes) is 67. The molecule has 0 heterocycles. The molecule has 0 aliphatic rings. The lowest BCUT2D eigenvalue weighted by Gasteiger charge is -2.26. The van der Waals surface area contributed by atoms with Crippen molar-refractivity contribution in [2.45, 2.75) is 495 Å². The second-order valence-corrected chi connectivity index (χ2v) is 32.3. The first-order valence-electron chi connectivity index (χ1n) is 45.0. The fourth-order valence-corrected chi connectivity index (χ4v) is 14.1. The first-order valence-corrected chi connectivity index (χ1v) is 45.0. The molecule has 9 heteroatoms. The van der Waals surface area contributed by atoms with Gasteiger partial charge in [0.1, 0.15) is 13.2 Å². The lowest BCUT2D eigenvalue weighted by molar-refractivity contribution is -0.870. The third-order valence-electron chi connectivity index (χ3n) is 21.0. The Balaban J connectivity index is 3.88. The summed E-state index contributed by atoms with van der Waals surface area (Å²) in [5.74, 6) is -2.24. The third kappa shape index (κ3) is 83.0. The van der Waals surface area contributed by atoms with Crippen LogP contribution in [0.3, 0.4) is 0 Å². The molecule has 0 aromatic carbocycles. The molecule has 0 bridgehead atoms. The van der Waals surface area contributed by atoms with Crippen LogP contribution in [0.15, 0.2) is 24.3 Å². The van der Waals surface area contributed by atoms with Gasteiger partial charge in [-0.15, -0.1) is 0 Å². The number of likely N-dealkylation sites (N-methyl/N-ethyl adjacent to an activating group) is 1. The highest BCUT2D eigenvalue weighted by Crippen LogP contribution is 2.21. The van der Waals surface area contributed by atoms with Gasteiger partial charge in [0.15, 0.2) is 12.4 Å². The second kappa shape index (κ2) is 82.4. The molecule has 592 valence electrons. The van der Waals surface area contributed by atoms with Crippen molar-refractivity contribution in [2.24, 2.45) is 0 Å². The van der Waals surface area contributed by atoms with Crippen molar-refractivity contribution in [1.82, 2.24) is 0 Å². The van der Waals surface area contributed by atoms with E-state index in [1.165, 1.54) is 411 Å². The van der Waals surface area contributed by atoms with Gasteiger partial charge in [-0.1, -0.05) is 449 Å². The maximum Gasteiger partial charge on any atom is 0.306 e. The number of ether oxygens (including phenoxy) is 4. The quantitative estimate of drug-likeness (QED) is 0.0195. The first-order chi connectivity index (χ1) is 49.1. The predicted octanol–water partition coefficient (Wildman–Crippen LogP) is 27.9. The maximum absolute atomic E-state index is 13.0. The summed E-state index contributed by atoms with van der Waals surface area (Å²) in [4.78, 5) is 37.7. The van der Waals surface area contributed by atoms with Crippen molar-refractivity contribution in [3.8, 4) is 0 Å². The molecule has 0 rings (SSSR count). The standard InChI is InChI=1S/C91H175NO8/c1-6-8-10-12-14-16-18-20-22-24-26-28-30-32-34-36-38-40-42-44-45-46-48-50-52-54-56-58-60-62-64-66-68-70-72-74-76-78-80-82-89(94)100-87(86-99-91(90(95)96)97-84-83-92(3,4)5)85-98-88(93)81-79-77-75-73-71-69-67-65-63-61-59-57-55-53-51-49-47-43-41-39-37-35-33-31-29-27-25-23-21-19-17-15-13-11-9-7-2/h18,20,24,26,87,91H,6-17,19,21-23,25,27-86H2,1-5H3/b20-18-,26-24-. The van der Waals surface area contributed by atoms with E-state index in [0.29, 0.717) is 17.4 Å². The van der Waals surface area contributed by atoms with Crippen molar-refractivity contribution in [2.75, 3.05) is 47.5 Å². The predicted molar refractivity (Wildman–Crippen MR) is 431 cm³/mol. The van der Waals surface area contributed by atoms with E-state index in [4.69, 9.17) is 18.9 Å². The van der Waals surface area contributed by atoms with Crippen LogP contribution in [0, 0.1) is 0 Å². The van der Waals surface area contributed by atoms with Crippen molar-refractivity contribution < 1.29 is 42.9 Å². The number of aliphatic carboxylic acids is 1. The maximum atomic E-state index is 13.0. The highest BCUT2D eigenvalue weighted by Gasteiger charge is 2.22. The average Bonchev–Trinajstić information content (AvgIpc) is 1.08. The van der Waals surface area contributed by atoms with Crippen LogP contribution in [0.1, 0.15) is 483 Å². The van der Waals surface area contributed by atoms with Gasteiger partial charge in [0.25, 0.3) is 0 Å². The molecule has 9 nitrogen and oxygen atoms in total. The van der Waals surface area contributed by atoms with Gasteiger partial charge >= 0.3 is 11.9 Å². The molecule has 0 saturated heterocycles. The Bertz CT molecular complexity index is 1690. The number of rotatable bonds is 86. The first kappa shape index (κ1) is 97.8. The normalized spacial score (nSPS) is 12.6. The van der Waals surface area contributed by atoms with Gasteiger partial charge in [-0.05, 0) is 44.9 Å². The summed E-state index contributed by atoms with van der Waals surface area (Å²) >= 11 is 0. The zero-order chi connectivity index (χ0) is 72.5. The molecular weight excluding hydrogens is 1230 g/mol. The van der Waals surface area contributed by atoms with Crippen molar-refractivity contribution >= 4 is 17.9 Å². The number of hydrogen-bond donors (Lipinski definition) is 0. The summed E-state index contributed by atoms with van der Waals surface area (Å²) < 4.78 is 22.9. The van der Waals surface area contributed by atoms with Crippen LogP contribution >= 0.6 is 0 Å². The number of allylic oxidation sites excluding steroid dienone is 4. The van der Waals surface area contributed by atoms with E-state index in [9.17, 15) is 19.5 Å². The smallest absolute Gasteiger partial charge is 0.306 e. The van der Waals surface area contributed by atoms with Gasteiger partial charge < -0.3 is 33.3 Å². The van der Waals surface area contributed by atoms with Crippen molar-refractivity contribution in [3.63, 3.8) is 0 Å². The second-order valence-electron chi connectivity index (χ2n) is 32.3. The van der Waals surface area contributed by atoms with E-state index >= 15 is 0 Å². The minimum absolute atomic E-state index is 0.153. The Hall–Kier alpha value is -2.23. The Kier molecular flexibility index (Phi) is 80.6. The Morgan fingerprint density at radius 2 is 0.540 bits per heavy atom. The molecule has 0 amide bonds. The molecular formula is C91H175NO8. The van der Waals surface area contributed by atoms with Gasteiger partial charge in [-0.3, -0.25) is 9.59 Å². The van der Waals surface area contributed by atoms with Crippen LogP contribution < -0.4 is 5.11 Å². The van der Waals surface area contributed by atoms with E-state index in [1.807, 2.05) is 21.1 Å². The largest absolute Gasteiger partial charge is 0.545 e.